The highest BCUT2D eigenvalue weighted by atomic mass is 32.2. The van der Waals surface area contributed by atoms with E-state index < -0.39 is 0 Å². The van der Waals surface area contributed by atoms with Crippen LogP contribution in [0.25, 0.3) is 0 Å². The third kappa shape index (κ3) is 3.61. The van der Waals surface area contributed by atoms with Crippen molar-refractivity contribution in [2.45, 2.75) is 11.5 Å². The lowest BCUT2D eigenvalue weighted by atomic mass is 10.1. The fraction of sp³-hybridized carbons (Fsp3) is 0.188. The molecule has 0 unspecified atom stereocenters. The van der Waals surface area contributed by atoms with Crippen molar-refractivity contribution >= 4 is 17.4 Å². The lowest BCUT2D eigenvalue weighted by molar-refractivity contribution is 0.284. The van der Waals surface area contributed by atoms with E-state index in [-0.39, 0.29) is 0 Å². The summed E-state index contributed by atoms with van der Waals surface area (Å²) in [5.74, 6) is 1.03. The molecule has 0 aromatic heterocycles. The molecule has 2 aromatic carbocycles. The molecular weight excluding hydrogens is 284 g/mol. The zero-order chi connectivity index (χ0) is 15.2. The molecule has 108 valence electrons. The monoisotopic (exact) mass is 300 g/mol. The van der Waals surface area contributed by atoms with Crippen LogP contribution in [0.2, 0.25) is 0 Å². The highest BCUT2D eigenvalue weighted by Crippen LogP contribution is 2.32. The molecule has 0 saturated carbocycles. The van der Waals surface area contributed by atoms with Crippen LogP contribution < -0.4 is 15.2 Å². The molecule has 2 N–H and O–H groups in total. The Kier molecular flexibility index (Phi) is 4.96. The van der Waals surface area contributed by atoms with Crippen LogP contribution in [-0.2, 0) is 6.61 Å². The number of nitrogen functional groups attached to an aromatic ring is 1. The molecule has 0 atom stereocenters. The number of methoxy groups -OCH3 is 1. The maximum absolute atomic E-state index is 8.96. The summed E-state index contributed by atoms with van der Waals surface area (Å²) in [6.45, 7) is 0.413. The second-order valence-corrected chi connectivity index (χ2v) is 5.22. The predicted octanol–water partition coefficient (Wildman–Crippen LogP) is 3.45. The van der Waals surface area contributed by atoms with Crippen LogP contribution in [-0.4, -0.2) is 13.4 Å². The molecule has 0 radical (unpaired) electrons. The maximum Gasteiger partial charge on any atom is 0.163 e. The van der Waals surface area contributed by atoms with Crippen molar-refractivity contribution in [3.8, 4) is 17.6 Å². The van der Waals surface area contributed by atoms with Gasteiger partial charge < -0.3 is 15.2 Å². The lowest BCUT2D eigenvalue weighted by Crippen LogP contribution is -2.00. The number of ether oxygens (including phenoxy) is 2. The first-order valence-electron chi connectivity index (χ1n) is 6.31. The summed E-state index contributed by atoms with van der Waals surface area (Å²) >= 11 is 1.70. The number of thioether (sulfide) groups is 1. The van der Waals surface area contributed by atoms with Gasteiger partial charge in [0.1, 0.15) is 12.7 Å². The van der Waals surface area contributed by atoms with Gasteiger partial charge in [-0.3, -0.25) is 0 Å². The highest BCUT2D eigenvalue weighted by molar-refractivity contribution is 7.98. The standard InChI is InChI=1S/C16H16N2O2S/c1-19-15-7-12(9-17)14(18)8-16(15)20-10-11-3-5-13(21-2)6-4-11/h3-8H,10,18H2,1-2H3. The second kappa shape index (κ2) is 6.91. The van der Waals surface area contributed by atoms with E-state index in [1.807, 2.05) is 36.6 Å². The first-order valence-corrected chi connectivity index (χ1v) is 7.53. The number of rotatable bonds is 5. The number of anilines is 1. The summed E-state index contributed by atoms with van der Waals surface area (Å²) < 4.78 is 11.0. The Labute approximate surface area is 128 Å². The predicted molar refractivity (Wildman–Crippen MR) is 84.7 cm³/mol. The van der Waals surface area contributed by atoms with Gasteiger partial charge >= 0.3 is 0 Å². The summed E-state index contributed by atoms with van der Waals surface area (Å²) in [5.41, 5.74) is 7.61. The minimum absolute atomic E-state index is 0.378. The quantitative estimate of drug-likeness (QED) is 0.676. The maximum atomic E-state index is 8.96. The van der Waals surface area contributed by atoms with Gasteiger partial charge in [-0.05, 0) is 24.0 Å². The molecule has 21 heavy (non-hydrogen) atoms. The van der Waals surface area contributed by atoms with Crippen LogP contribution in [0, 0.1) is 11.3 Å². The van der Waals surface area contributed by atoms with Gasteiger partial charge in [-0.1, -0.05) is 12.1 Å². The van der Waals surface area contributed by atoms with Crippen molar-refractivity contribution in [2.24, 2.45) is 0 Å². The Morgan fingerprint density at radius 3 is 2.48 bits per heavy atom. The molecule has 4 nitrogen and oxygen atoms in total. The Bertz CT molecular complexity index is 663. The van der Waals surface area contributed by atoms with E-state index >= 15 is 0 Å². The van der Waals surface area contributed by atoms with E-state index in [9.17, 15) is 0 Å². The number of nitrogens with zero attached hydrogens (tertiary/aromatic N) is 1. The third-order valence-corrected chi connectivity index (χ3v) is 3.75. The number of hydrogen-bond donors (Lipinski definition) is 1. The van der Waals surface area contributed by atoms with Gasteiger partial charge in [-0.2, -0.15) is 5.26 Å². The topological polar surface area (TPSA) is 68.3 Å². The van der Waals surface area contributed by atoms with Crippen LogP contribution in [0.3, 0.4) is 0 Å². The molecule has 0 bridgehead atoms. The normalized spacial score (nSPS) is 9.95. The zero-order valence-electron chi connectivity index (χ0n) is 11.9. The van der Waals surface area contributed by atoms with Crippen molar-refractivity contribution in [3.63, 3.8) is 0 Å². The number of nitriles is 1. The molecule has 5 heteroatoms. The van der Waals surface area contributed by atoms with Gasteiger partial charge in [0.2, 0.25) is 0 Å². The summed E-state index contributed by atoms with van der Waals surface area (Å²) in [4.78, 5) is 1.21. The fourth-order valence-corrected chi connectivity index (χ4v) is 2.24. The van der Waals surface area contributed by atoms with E-state index in [2.05, 4.69) is 0 Å². The Hall–Kier alpha value is -2.32. The van der Waals surface area contributed by atoms with Crippen molar-refractivity contribution in [2.75, 3.05) is 19.1 Å². The van der Waals surface area contributed by atoms with Crippen molar-refractivity contribution < 1.29 is 9.47 Å². The molecule has 0 aliphatic rings. The minimum atomic E-state index is 0.378. The Morgan fingerprint density at radius 1 is 1.19 bits per heavy atom. The molecule has 2 aromatic rings. The number of nitrogens with two attached hydrogens (primary N) is 1. The summed E-state index contributed by atoms with van der Waals surface area (Å²) in [6, 6.07) is 13.4. The van der Waals surface area contributed by atoms with Gasteiger partial charge in [0, 0.05) is 17.0 Å². The minimum Gasteiger partial charge on any atom is -0.493 e. The summed E-state index contributed by atoms with van der Waals surface area (Å²) in [5, 5.41) is 8.96. The fourth-order valence-electron chi connectivity index (χ4n) is 1.83. The van der Waals surface area contributed by atoms with Crippen LogP contribution in [0.15, 0.2) is 41.3 Å². The third-order valence-electron chi connectivity index (χ3n) is 3.01. The molecular formula is C16H16N2O2S. The first kappa shape index (κ1) is 15.1. The van der Waals surface area contributed by atoms with Crippen molar-refractivity contribution in [3.05, 3.63) is 47.5 Å². The summed E-state index contributed by atoms with van der Waals surface area (Å²) in [7, 11) is 1.53. The largest absolute Gasteiger partial charge is 0.493 e. The average molecular weight is 300 g/mol. The summed E-state index contributed by atoms with van der Waals surface area (Å²) in [6.07, 6.45) is 2.04. The van der Waals surface area contributed by atoms with E-state index in [1.165, 1.54) is 12.0 Å². The first-order chi connectivity index (χ1) is 10.2. The molecule has 2 rings (SSSR count). The van der Waals surface area contributed by atoms with Crippen LogP contribution in [0.1, 0.15) is 11.1 Å². The molecule has 0 spiro atoms. The van der Waals surface area contributed by atoms with Crippen LogP contribution in [0.4, 0.5) is 5.69 Å². The molecule has 0 aliphatic heterocycles. The van der Waals surface area contributed by atoms with Gasteiger partial charge in [0.25, 0.3) is 0 Å². The van der Waals surface area contributed by atoms with Crippen LogP contribution in [0.5, 0.6) is 11.5 Å². The second-order valence-electron chi connectivity index (χ2n) is 4.34. The Balaban J connectivity index is 2.15. The van der Waals surface area contributed by atoms with Crippen molar-refractivity contribution in [1.82, 2.24) is 0 Å². The Morgan fingerprint density at radius 2 is 1.90 bits per heavy atom. The zero-order valence-corrected chi connectivity index (χ0v) is 12.7. The number of hydrogen-bond acceptors (Lipinski definition) is 5. The van der Waals surface area contributed by atoms with Gasteiger partial charge in [0.15, 0.2) is 11.5 Å². The SMILES string of the molecule is COc1cc(C#N)c(N)cc1OCc1ccc(SC)cc1. The van der Waals surface area contributed by atoms with Crippen molar-refractivity contribution in [1.29, 1.82) is 5.26 Å². The molecule has 0 amide bonds. The molecule has 0 aliphatic carbocycles. The molecule has 0 heterocycles. The van der Waals surface area contributed by atoms with E-state index in [1.54, 1.807) is 23.9 Å². The van der Waals surface area contributed by atoms with E-state index in [0.29, 0.717) is 29.4 Å². The molecule has 0 saturated heterocycles. The van der Waals surface area contributed by atoms with E-state index in [4.69, 9.17) is 20.5 Å². The van der Waals surface area contributed by atoms with Gasteiger partial charge in [-0.25, -0.2) is 0 Å². The average Bonchev–Trinajstić information content (AvgIpc) is 2.53. The van der Waals surface area contributed by atoms with Gasteiger partial charge in [-0.15, -0.1) is 11.8 Å². The number of benzene rings is 2. The van der Waals surface area contributed by atoms with E-state index in [0.717, 1.165) is 5.56 Å². The van der Waals surface area contributed by atoms with Crippen LogP contribution >= 0.6 is 11.8 Å². The van der Waals surface area contributed by atoms with Gasteiger partial charge in [0.05, 0.1) is 18.4 Å². The highest BCUT2D eigenvalue weighted by Gasteiger charge is 2.10. The lowest BCUT2D eigenvalue weighted by Gasteiger charge is -2.12. The molecule has 0 fully saturated rings. The smallest absolute Gasteiger partial charge is 0.163 e.